The molecule has 2 aromatic rings. The molecule has 22 heavy (non-hydrogen) atoms. The molecule has 4 nitrogen and oxygen atoms in total. The molecule has 0 atom stereocenters. The summed E-state index contributed by atoms with van der Waals surface area (Å²) in [5.74, 6) is -1.20. The summed E-state index contributed by atoms with van der Waals surface area (Å²) in [7, 11) is 0. The van der Waals surface area contributed by atoms with Crippen molar-refractivity contribution >= 4 is 11.8 Å². The number of fused-ring (bicyclic) bond motifs is 1. The average Bonchev–Trinajstić information content (AvgIpc) is 2.72. The van der Waals surface area contributed by atoms with Gasteiger partial charge in [-0.3, -0.25) is 19.5 Å². The second-order valence-electron chi connectivity index (χ2n) is 4.75. The van der Waals surface area contributed by atoms with Gasteiger partial charge in [0.05, 0.1) is 17.7 Å². The van der Waals surface area contributed by atoms with Gasteiger partial charge in [0.25, 0.3) is 11.8 Å². The number of hydrogen-bond donors (Lipinski definition) is 0. The molecule has 1 aliphatic rings. The van der Waals surface area contributed by atoms with E-state index in [2.05, 4.69) is 4.98 Å². The summed E-state index contributed by atoms with van der Waals surface area (Å²) < 4.78 is 38.8. The van der Waals surface area contributed by atoms with E-state index < -0.39 is 30.2 Å². The molecular formula is C15H9F3N2O2. The molecule has 0 unspecified atom stereocenters. The number of nitrogens with zero attached hydrogens (tertiary/aromatic N) is 2. The predicted molar refractivity (Wildman–Crippen MR) is 69.9 cm³/mol. The quantitative estimate of drug-likeness (QED) is 0.802. The Balaban J connectivity index is 1.97. The maximum absolute atomic E-state index is 12.9. The van der Waals surface area contributed by atoms with E-state index in [-0.39, 0.29) is 16.7 Å². The molecule has 1 aromatic carbocycles. The van der Waals surface area contributed by atoms with Gasteiger partial charge in [-0.25, -0.2) is 0 Å². The molecule has 0 saturated carbocycles. The fourth-order valence-corrected chi connectivity index (χ4v) is 2.37. The van der Waals surface area contributed by atoms with E-state index in [0.29, 0.717) is 0 Å². The number of carbonyl (C=O) groups excluding carboxylic acids is 2. The number of halogens is 3. The summed E-state index contributed by atoms with van der Waals surface area (Å²) in [5, 5.41) is 0. The summed E-state index contributed by atoms with van der Waals surface area (Å²) in [6.45, 7) is -0.463. The van der Waals surface area contributed by atoms with Crippen molar-refractivity contribution in [3.8, 4) is 0 Å². The Hall–Kier alpha value is -2.70. The second-order valence-corrected chi connectivity index (χ2v) is 4.75. The molecule has 0 saturated heterocycles. The highest BCUT2D eigenvalue weighted by Gasteiger charge is 2.39. The summed E-state index contributed by atoms with van der Waals surface area (Å²) in [6, 6.07) is 8.69. The number of rotatable bonds is 2. The lowest BCUT2D eigenvalue weighted by atomic mass is 10.1. The minimum absolute atomic E-state index is 0.199. The molecule has 0 fully saturated rings. The van der Waals surface area contributed by atoms with E-state index in [0.717, 1.165) is 11.1 Å². The van der Waals surface area contributed by atoms with Crippen LogP contribution >= 0.6 is 0 Å². The smallest absolute Gasteiger partial charge is 0.270 e. The number of imide groups is 1. The van der Waals surface area contributed by atoms with E-state index in [1.165, 1.54) is 24.3 Å². The predicted octanol–water partition coefficient (Wildman–Crippen LogP) is 2.90. The number of hydrogen-bond acceptors (Lipinski definition) is 3. The molecule has 1 aromatic heterocycles. The second kappa shape index (κ2) is 4.94. The summed E-state index contributed by atoms with van der Waals surface area (Å²) in [4.78, 5) is 28.5. The van der Waals surface area contributed by atoms with Crippen LogP contribution in [0.15, 0.2) is 42.6 Å². The lowest BCUT2D eigenvalue weighted by molar-refractivity contribution is -0.142. The van der Waals surface area contributed by atoms with Gasteiger partial charge in [0.2, 0.25) is 0 Å². The highest BCUT2D eigenvalue weighted by Crippen LogP contribution is 2.32. The largest absolute Gasteiger partial charge is 0.433 e. The van der Waals surface area contributed by atoms with Crippen molar-refractivity contribution in [2.75, 3.05) is 0 Å². The van der Waals surface area contributed by atoms with Crippen LogP contribution < -0.4 is 0 Å². The molecule has 2 heterocycles. The van der Waals surface area contributed by atoms with Gasteiger partial charge in [-0.05, 0) is 18.2 Å². The molecule has 0 aliphatic carbocycles. The van der Waals surface area contributed by atoms with Crippen LogP contribution in [0.4, 0.5) is 13.2 Å². The molecule has 0 bridgehead atoms. The molecule has 2 amide bonds. The van der Waals surface area contributed by atoms with Crippen LogP contribution in [0.3, 0.4) is 0 Å². The van der Waals surface area contributed by atoms with Gasteiger partial charge < -0.3 is 0 Å². The number of benzene rings is 1. The number of aromatic nitrogens is 1. The first-order valence-electron chi connectivity index (χ1n) is 6.36. The van der Waals surface area contributed by atoms with Crippen LogP contribution in [0.1, 0.15) is 32.0 Å². The summed E-state index contributed by atoms with van der Waals surface area (Å²) >= 11 is 0. The molecule has 112 valence electrons. The van der Waals surface area contributed by atoms with Crippen molar-refractivity contribution in [3.05, 3.63) is 65.0 Å². The summed E-state index contributed by atoms with van der Waals surface area (Å²) in [6.07, 6.45) is -3.62. The molecule has 7 heteroatoms. The van der Waals surface area contributed by atoms with Crippen molar-refractivity contribution < 1.29 is 22.8 Å². The molecular weight excluding hydrogens is 297 g/mol. The molecule has 0 N–H and O–H groups in total. The fraction of sp³-hybridized carbons (Fsp3) is 0.133. The summed E-state index contributed by atoms with van der Waals surface area (Å²) in [5.41, 5.74) is -0.911. The minimum atomic E-state index is -4.64. The Morgan fingerprint density at radius 2 is 1.55 bits per heavy atom. The number of pyridine rings is 1. The third kappa shape index (κ3) is 2.24. The first-order chi connectivity index (χ1) is 10.4. The number of carbonyl (C=O) groups is 2. The van der Waals surface area contributed by atoms with E-state index in [1.807, 2.05) is 0 Å². The highest BCUT2D eigenvalue weighted by atomic mass is 19.4. The zero-order valence-electron chi connectivity index (χ0n) is 11.1. The van der Waals surface area contributed by atoms with Crippen molar-refractivity contribution in [1.82, 2.24) is 9.88 Å². The molecule has 1 aliphatic heterocycles. The Labute approximate surface area is 123 Å². The van der Waals surface area contributed by atoms with Crippen molar-refractivity contribution in [2.45, 2.75) is 12.7 Å². The zero-order valence-corrected chi connectivity index (χ0v) is 11.1. The first kappa shape index (κ1) is 14.2. The Morgan fingerprint density at radius 3 is 2.09 bits per heavy atom. The van der Waals surface area contributed by atoms with Gasteiger partial charge in [-0.2, -0.15) is 13.2 Å². The fourth-order valence-electron chi connectivity index (χ4n) is 2.37. The van der Waals surface area contributed by atoms with E-state index in [1.54, 1.807) is 12.1 Å². The molecule has 3 rings (SSSR count). The third-order valence-electron chi connectivity index (χ3n) is 3.37. The maximum Gasteiger partial charge on any atom is 0.433 e. The van der Waals surface area contributed by atoms with E-state index in [9.17, 15) is 22.8 Å². The van der Waals surface area contributed by atoms with Gasteiger partial charge in [0.1, 0.15) is 5.69 Å². The van der Waals surface area contributed by atoms with Crippen molar-refractivity contribution in [3.63, 3.8) is 0 Å². The van der Waals surface area contributed by atoms with Gasteiger partial charge in [-0.15, -0.1) is 0 Å². The van der Waals surface area contributed by atoms with Gasteiger partial charge in [0.15, 0.2) is 0 Å². The van der Waals surface area contributed by atoms with Crippen molar-refractivity contribution in [2.24, 2.45) is 0 Å². The SMILES string of the molecule is O=C1c2ccccc2C(=O)N1Cc1cccnc1C(F)(F)F. The Morgan fingerprint density at radius 1 is 0.955 bits per heavy atom. The highest BCUT2D eigenvalue weighted by molar-refractivity contribution is 6.21. The lowest BCUT2D eigenvalue weighted by Crippen LogP contribution is -2.30. The first-order valence-corrected chi connectivity index (χ1v) is 6.36. The van der Waals surface area contributed by atoms with Crippen LogP contribution in [0.25, 0.3) is 0 Å². The zero-order chi connectivity index (χ0) is 15.9. The van der Waals surface area contributed by atoms with Gasteiger partial charge in [0, 0.05) is 11.8 Å². The Bertz CT molecular complexity index is 736. The normalized spacial score (nSPS) is 14.4. The van der Waals surface area contributed by atoms with Crippen molar-refractivity contribution in [1.29, 1.82) is 0 Å². The number of alkyl halides is 3. The third-order valence-corrected chi connectivity index (χ3v) is 3.37. The number of amides is 2. The van der Waals surface area contributed by atoms with E-state index >= 15 is 0 Å². The van der Waals surface area contributed by atoms with Crippen LogP contribution in [0, 0.1) is 0 Å². The minimum Gasteiger partial charge on any atom is -0.270 e. The van der Waals surface area contributed by atoms with E-state index in [4.69, 9.17) is 0 Å². The topological polar surface area (TPSA) is 50.3 Å². The van der Waals surface area contributed by atoms with Crippen LogP contribution in [0.5, 0.6) is 0 Å². The standard InChI is InChI=1S/C15H9F3N2O2/c16-15(17,18)12-9(4-3-7-19-12)8-20-13(21)10-5-1-2-6-11(10)14(20)22/h1-7H,8H2. The van der Waals surface area contributed by atoms with Crippen LogP contribution in [0.2, 0.25) is 0 Å². The Kier molecular flexibility index (Phi) is 3.20. The monoisotopic (exact) mass is 306 g/mol. The van der Waals surface area contributed by atoms with Gasteiger partial charge in [-0.1, -0.05) is 18.2 Å². The maximum atomic E-state index is 12.9. The van der Waals surface area contributed by atoms with Gasteiger partial charge >= 0.3 is 6.18 Å². The average molecular weight is 306 g/mol. The molecule has 0 spiro atoms. The molecule has 0 radical (unpaired) electrons. The van der Waals surface area contributed by atoms with Crippen LogP contribution in [-0.2, 0) is 12.7 Å². The lowest BCUT2D eigenvalue weighted by Gasteiger charge is -2.17. The van der Waals surface area contributed by atoms with Crippen LogP contribution in [-0.4, -0.2) is 21.7 Å².